The molecule has 0 radical (unpaired) electrons. The molecule has 15 aromatic rings. The standard InChI is InChI=1S/C82H40N14/c83-40-49-23-50(41-84)28-63(27-49)59-11-17-75-70(35-59)71-36-60(64-29-51(42-85)24-52(30-64)43-86)12-18-76(71)95(75)67-15-16-68(82-93-80(57-7-3-1-4-8-57)92-81(94-82)58-9-5-2-6-10-58)69(39-67)74-48-91-22-21-79(74)96-77-19-13-61(65-31-53(44-87)25-54(32-65)45-88)37-72(77)73-38-62(14-20-78(73)96)66-33-55(46-89)26-56(34-66)47-90/h1-39,48H. The lowest BCUT2D eigenvalue weighted by Gasteiger charge is -2.19. The van der Waals surface area contributed by atoms with Gasteiger partial charge in [-0.25, -0.2) is 15.0 Å². The first-order valence-electron chi connectivity index (χ1n) is 30.1. The SMILES string of the molecule is N#Cc1cc(C#N)cc(-c2ccc3c(c2)c2cc(-c4cc(C#N)cc(C#N)c4)ccc2n3-c2ccc(-c3nc(-c4ccccc4)nc(-c4ccccc4)n3)c(-c3cnccc3-n3c4ccc(-c5cc(C#N)cc(C#N)c5)cc4c4cc(-c5cc(C#N)cc(C#N)c5)ccc43)c2)c1. The summed E-state index contributed by atoms with van der Waals surface area (Å²) in [4.78, 5) is 20.6. The molecule has 15 rings (SSSR count). The highest BCUT2D eigenvalue weighted by atomic mass is 15.0. The van der Waals surface area contributed by atoms with Crippen LogP contribution in [0.5, 0.6) is 0 Å². The molecular formula is C82H40N14. The highest BCUT2D eigenvalue weighted by molar-refractivity contribution is 6.14. The summed E-state index contributed by atoms with van der Waals surface area (Å²) in [5, 5.41) is 84.0. The van der Waals surface area contributed by atoms with Gasteiger partial charge in [0.1, 0.15) is 0 Å². The van der Waals surface area contributed by atoms with Crippen molar-refractivity contribution in [3.8, 4) is 150 Å². The van der Waals surface area contributed by atoms with Crippen LogP contribution >= 0.6 is 0 Å². The molecule has 0 bridgehead atoms. The van der Waals surface area contributed by atoms with Gasteiger partial charge in [0, 0.05) is 61.9 Å². The van der Waals surface area contributed by atoms with Crippen LogP contribution in [0.3, 0.4) is 0 Å². The molecule has 0 unspecified atom stereocenters. The van der Waals surface area contributed by atoms with Gasteiger partial charge in [0.15, 0.2) is 17.5 Å². The van der Waals surface area contributed by atoms with Crippen molar-refractivity contribution in [3.63, 3.8) is 0 Å². The van der Waals surface area contributed by atoms with Crippen LogP contribution in [0.1, 0.15) is 44.5 Å². The maximum atomic E-state index is 10.1. The summed E-state index contributed by atoms with van der Waals surface area (Å²) in [6, 6.07) is 90.0. The van der Waals surface area contributed by atoms with Crippen LogP contribution in [0.4, 0.5) is 0 Å². The van der Waals surface area contributed by atoms with Crippen molar-refractivity contribution in [2.24, 2.45) is 0 Å². The minimum absolute atomic E-state index is 0.342. The molecule has 14 nitrogen and oxygen atoms in total. The predicted molar refractivity (Wildman–Crippen MR) is 368 cm³/mol. The molecule has 0 spiro atoms. The molecule has 0 saturated carbocycles. The largest absolute Gasteiger partial charge is 0.309 e. The number of aromatic nitrogens is 6. The maximum Gasteiger partial charge on any atom is 0.164 e. The van der Waals surface area contributed by atoms with Crippen LogP contribution < -0.4 is 0 Å². The molecule has 0 saturated heterocycles. The smallest absolute Gasteiger partial charge is 0.164 e. The van der Waals surface area contributed by atoms with Crippen molar-refractivity contribution in [1.82, 2.24) is 29.1 Å². The highest BCUT2D eigenvalue weighted by Crippen LogP contribution is 2.45. The third-order valence-electron chi connectivity index (χ3n) is 17.2. The molecule has 11 aromatic carbocycles. The number of nitriles is 8. The summed E-state index contributed by atoms with van der Waals surface area (Å²) in [5.74, 6) is 1.29. The van der Waals surface area contributed by atoms with E-state index in [-0.39, 0.29) is 0 Å². The zero-order valence-electron chi connectivity index (χ0n) is 50.4. The van der Waals surface area contributed by atoms with E-state index in [0.717, 1.165) is 88.4 Å². The second-order valence-corrected chi connectivity index (χ2v) is 22.9. The van der Waals surface area contributed by atoms with E-state index in [2.05, 4.69) is 88.0 Å². The third-order valence-corrected chi connectivity index (χ3v) is 17.2. The van der Waals surface area contributed by atoms with E-state index in [1.165, 1.54) is 0 Å². The normalized spacial score (nSPS) is 10.8. The van der Waals surface area contributed by atoms with Crippen LogP contribution in [0.25, 0.3) is 145 Å². The molecule has 0 aliphatic heterocycles. The first-order chi connectivity index (χ1) is 47.1. The van der Waals surface area contributed by atoms with E-state index in [4.69, 9.17) is 19.9 Å². The Morgan fingerprint density at radius 2 is 0.583 bits per heavy atom. The molecule has 96 heavy (non-hydrogen) atoms. The van der Waals surface area contributed by atoms with Crippen molar-refractivity contribution >= 4 is 43.6 Å². The number of rotatable bonds is 10. The van der Waals surface area contributed by atoms with Crippen LogP contribution in [0.2, 0.25) is 0 Å². The molecule has 0 fully saturated rings. The molecule has 0 aliphatic rings. The number of hydrogen-bond donors (Lipinski definition) is 0. The van der Waals surface area contributed by atoms with Gasteiger partial charge in [-0.1, -0.05) is 84.9 Å². The Morgan fingerprint density at radius 3 is 0.927 bits per heavy atom. The second kappa shape index (κ2) is 23.8. The van der Waals surface area contributed by atoms with Gasteiger partial charge in [-0.2, -0.15) is 42.1 Å². The number of benzene rings is 11. The maximum absolute atomic E-state index is 10.1. The van der Waals surface area contributed by atoms with Crippen molar-refractivity contribution in [2.45, 2.75) is 0 Å². The van der Waals surface area contributed by atoms with Gasteiger partial charge < -0.3 is 9.13 Å². The topological polar surface area (TPSA) is 252 Å². The quantitative estimate of drug-likeness (QED) is 0.124. The fourth-order valence-corrected chi connectivity index (χ4v) is 12.8. The average molecular weight is 1220 g/mol. The van der Waals surface area contributed by atoms with Gasteiger partial charge >= 0.3 is 0 Å². The van der Waals surface area contributed by atoms with Crippen LogP contribution in [-0.2, 0) is 0 Å². The molecule has 4 heterocycles. The van der Waals surface area contributed by atoms with Crippen molar-refractivity contribution in [2.75, 3.05) is 0 Å². The molecule has 14 heteroatoms. The van der Waals surface area contributed by atoms with Crippen LogP contribution in [0.15, 0.2) is 243 Å². The highest BCUT2D eigenvalue weighted by Gasteiger charge is 2.25. The fraction of sp³-hybridized carbons (Fsp3) is 0. The monoisotopic (exact) mass is 1220 g/mol. The number of hydrogen-bond acceptors (Lipinski definition) is 12. The Labute approximate surface area is 549 Å². The third kappa shape index (κ3) is 10.2. The van der Waals surface area contributed by atoms with Gasteiger partial charge in [-0.05, 0) is 196 Å². The average Bonchev–Trinajstić information content (AvgIpc) is 1.56. The van der Waals surface area contributed by atoms with Crippen molar-refractivity contribution < 1.29 is 0 Å². The van der Waals surface area contributed by atoms with Crippen molar-refractivity contribution in [3.05, 3.63) is 287 Å². The lowest BCUT2D eigenvalue weighted by Crippen LogP contribution is -2.04. The summed E-state index contributed by atoms with van der Waals surface area (Å²) >= 11 is 0. The molecular weight excluding hydrogens is 1180 g/mol. The molecule has 438 valence electrons. The molecule has 0 amide bonds. The molecule has 0 aliphatic carbocycles. The summed E-state index contributed by atoms with van der Waals surface area (Å²) < 4.78 is 4.37. The summed E-state index contributed by atoms with van der Waals surface area (Å²) in [7, 11) is 0. The van der Waals surface area contributed by atoms with E-state index in [1.807, 2.05) is 134 Å². The van der Waals surface area contributed by atoms with Gasteiger partial charge in [0.05, 0.1) is 121 Å². The van der Waals surface area contributed by atoms with E-state index in [9.17, 15) is 42.1 Å². The first kappa shape index (κ1) is 57.5. The van der Waals surface area contributed by atoms with E-state index in [0.29, 0.717) is 101 Å². The summed E-state index contributed by atoms with van der Waals surface area (Å²) in [6.07, 6.45) is 3.59. The van der Waals surface area contributed by atoms with E-state index in [1.54, 1.807) is 79.0 Å². The Kier molecular flexibility index (Phi) is 14.3. The Morgan fingerprint density at radius 1 is 0.250 bits per heavy atom. The predicted octanol–water partition coefficient (Wildman–Crippen LogP) is 17.8. The van der Waals surface area contributed by atoms with Gasteiger partial charge in [-0.3, -0.25) is 4.98 Å². The lowest BCUT2D eigenvalue weighted by molar-refractivity contribution is 1.07. The zero-order chi connectivity index (χ0) is 65.6. The minimum atomic E-state index is 0.342. The minimum Gasteiger partial charge on any atom is -0.309 e. The van der Waals surface area contributed by atoms with Crippen LogP contribution in [0, 0.1) is 90.6 Å². The lowest BCUT2D eigenvalue weighted by atomic mass is 9.97. The molecule has 0 N–H and O–H groups in total. The van der Waals surface area contributed by atoms with Gasteiger partial charge in [-0.15, -0.1) is 0 Å². The zero-order valence-corrected chi connectivity index (χ0v) is 50.4. The Hall–Kier alpha value is -14.9. The van der Waals surface area contributed by atoms with Crippen molar-refractivity contribution in [1.29, 1.82) is 42.1 Å². The van der Waals surface area contributed by atoms with E-state index >= 15 is 0 Å². The van der Waals surface area contributed by atoms with Gasteiger partial charge in [0.25, 0.3) is 0 Å². The van der Waals surface area contributed by atoms with Gasteiger partial charge in [0.2, 0.25) is 0 Å². The van der Waals surface area contributed by atoms with E-state index < -0.39 is 0 Å². The number of fused-ring (bicyclic) bond motifs is 6. The first-order valence-corrected chi connectivity index (χ1v) is 30.1. The Bertz CT molecular complexity index is 5750. The Balaban J connectivity index is 1.02. The summed E-state index contributed by atoms with van der Waals surface area (Å²) in [6.45, 7) is 0. The second-order valence-electron chi connectivity index (χ2n) is 22.9. The molecule has 4 aromatic heterocycles. The van der Waals surface area contributed by atoms with Crippen LogP contribution in [-0.4, -0.2) is 29.1 Å². The molecule has 0 atom stereocenters. The fourth-order valence-electron chi connectivity index (χ4n) is 12.8. The summed E-state index contributed by atoms with van der Waals surface area (Å²) in [5.41, 5.74) is 16.8. The number of pyridine rings is 1. The number of nitrogens with zero attached hydrogens (tertiary/aromatic N) is 14.